The molecule has 0 spiro atoms. The van der Waals surface area contributed by atoms with Crippen molar-refractivity contribution in [2.24, 2.45) is 5.92 Å². The summed E-state index contributed by atoms with van der Waals surface area (Å²) in [6.07, 6.45) is 0.440. The number of fused-ring (bicyclic) bond motifs is 2. The lowest BCUT2D eigenvalue weighted by molar-refractivity contribution is -0.161. The molecule has 0 radical (unpaired) electrons. The van der Waals surface area contributed by atoms with Crippen LogP contribution in [0.15, 0.2) is 113 Å². The minimum atomic E-state index is -1.74. The summed E-state index contributed by atoms with van der Waals surface area (Å²) >= 11 is 0. The van der Waals surface area contributed by atoms with Crippen LogP contribution in [0.25, 0.3) is 0 Å². The van der Waals surface area contributed by atoms with Crippen LogP contribution < -0.4 is 20.7 Å². The molecular formula is C42H49N4O8P. The lowest BCUT2D eigenvalue weighted by atomic mass is 9.79. The molecule has 290 valence electrons. The third kappa shape index (κ3) is 7.92. The Balaban J connectivity index is 1.51. The summed E-state index contributed by atoms with van der Waals surface area (Å²) < 4.78 is 42.6. The Morgan fingerprint density at radius 1 is 0.945 bits per heavy atom. The number of hydrogen-bond donors (Lipinski definition) is 1. The van der Waals surface area contributed by atoms with Crippen LogP contribution in [-0.2, 0) is 24.1 Å². The van der Waals surface area contributed by atoms with Gasteiger partial charge in [0.1, 0.15) is 35.0 Å². The second kappa shape index (κ2) is 17.0. The van der Waals surface area contributed by atoms with Crippen LogP contribution in [0.4, 0.5) is 0 Å². The molecule has 2 bridgehead atoms. The average molecular weight is 769 g/mol. The highest BCUT2D eigenvalue weighted by atomic mass is 31.2. The van der Waals surface area contributed by atoms with E-state index >= 15 is 0 Å². The SMILES string of the molecule is C=C1C[C@@]2(COC(c3ccccc3)(c3ccc(OC)cc3)c3ccc(OC)cc3)O[C@@H](n3ccc(=O)[nH]c3=O)[C@@H]1[C@H]2OP(OCCC#N)N(C(C)C)C(C)C. The molecule has 1 aliphatic carbocycles. The van der Waals surface area contributed by atoms with Crippen molar-refractivity contribution in [3.63, 3.8) is 0 Å². The van der Waals surface area contributed by atoms with Crippen molar-refractivity contribution in [1.29, 1.82) is 5.26 Å². The molecule has 4 aromatic rings. The smallest absolute Gasteiger partial charge is 0.330 e. The Kier molecular flexibility index (Phi) is 12.4. The predicted octanol–water partition coefficient (Wildman–Crippen LogP) is 7.07. The molecule has 3 aromatic carbocycles. The van der Waals surface area contributed by atoms with Crippen molar-refractivity contribution in [2.45, 2.75) is 76.2 Å². The van der Waals surface area contributed by atoms with Gasteiger partial charge in [0.25, 0.3) is 14.1 Å². The number of aromatic nitrogens is 2. The van der Waals surface area contributed by atoms with E-state index in [1.54, 1.807) is 14.2 Å². The Morgan fingerprint density at radius 3 is 2.05 bits per heavy atom. The van der Waals surface area contributed by atoms with Crippen molar-refractivity contribution < 1.29 is 28.0 Å². The molecule has 0 amide bonds. The maximum absolute atomic E-state index is 13.3. The minimum Gasteiger partial charge on any atom is -0.497 e. The molecule has 2 fully saturated rings. The number of methoxy groups -OCH3 is 2. The Hall–Kier alpha value is -4.60. The lowest BCUT2D eigenvalue weighted by Gasteiger charge is -2.42. The molecule has 55 heavy (non-hydrogen) atoms. The average Bonchev–Trinajstić information content (AvgIpc) is 3.62. The van der Waals surface area contributed by atoms with E-state index < -0.39 is 49.2 Å². The third-order valence-electron chi connectivity index (χ3n) is 10.2. The van der Waals surface area contributed by atoms with Crippen LogP contribution in [0.1, 0.15) is 63.5 Å². The van der Waals surface area contributed by atoms with Crippen LogP contribution >= 0.6 is 8.53 Å². The zero-order valence-corrected chi connectivity index (χ0v) is 33.0. The van der Waals surface area contributed by atoms with Crippen LogP contribution in [0.2, 0.25) is 0 Å². The van der Waals surface area contributed by atoms with Gasteiger partial charge in [-0.3, -0.25) is 14.3 Å². The quantitative estimate of drug-likeness (QED) is 0.0514. The standard InChI is InChI=1S/C42H49N4O8P/c1-28(2)46(29(3)4)55(52-25-11-23-43)54-38-37-30(5)26-41(38,53-39(37)45-24-22-36(47)44-40(45)48)27-51-42(31-12-9-8-10-13-31,32-14-18-34(49-6)19-15-32)33-16-20-35(50-7)21-17-33/h8-10,12-22,24,28-29,37-39H,5,11,25-27H2,1-4,6-7H3,(H,44,47,48)/t37-,38+,39+,41-,55?/m0/s1. The van der Waals surface area contributed by atoms with Crippen molar-refractivity contribution in [2.75, 3.05) is 27.4 Å². The maximum Gasteiger partial charge on any atom is 0.330 e. The topological polar surface area (TPSA) is 137 Å². The molecule has 1 aromatic heterocycles. The first-order valence-corrected chi connectivity index (χ1v) is 19.5. The van der Waals surface area contributed by atoms with Gasteiger partial charge in [-0.2, -0.15) is 5.26 Å². The van der Waals surface area contributed by atoms with Gasteiger partial charge in [0.15, 0.2) is 0 Å². The fourth-order valence-corrected chi connectivity index (χ4v) is 9.62. The highest BCUT2D eigenvalue weighted by Crippen LogP contribution is 2.61. The van der Waals surface area contributed by atoms with E-state index in [1.807, 2.05) is 78.9 Å². The zero-order valence-electron chi connectivity index (χ0n) is 32.1. The second-order valence-electron chi connectivity index (χ2n) is 14.3. The van der Waals surface area contributed by atoms with Crippen LogP contribution in [0.5, 0.6) is 11.5 Å². The van der Waals surface area contributed by atoms with E-state index in [-0.39, 0.29) is 31.7 Å². The van der Waals surface area contributed by atoms with Gasteiger partial charge < -0.3 is 28.0 Å². The molecule has 1 N–H and O–H groups in total. The fraction of sp³-hybridized carbons (Fsp3) is 0.405. The molecule has 13 heteroatoms. The highest BCUT2D eigenvalue weighted by Gasteiger charge is 2.65. The van der Waals surface area contributed by atoms with Gasteiger partial charge >= 0.3 is 5.69 Å². The van der Waals surface area contributed by atoms with Crippen molar-refractivity contribution in [3.05, 3.63) is 141 Å². The zero-order chi connectivity index (χ0) is 39.3. The van der Waals surface area contributed by atoms with Gasteiger partial charge in [-0.25, -0.2) is 9.46 Å². The van der Waals surface area contributed by atoms with E-state index in [2.05, 4.69) is 50.0 Å². The monoisotopic (exact) mass is 768 g/mol. The molecule has 1 aliphatic heterocycles. The van der Waals surface area contributed by atoms with E-state index in [4.69, 9.17) is 28.0 Å². The molecule has 2 heterocycles. The van der Waals surface area contributed by atoms with Gasteiger partial charge in [0.05, 0.1) is 45.8 Å². The largest absolute Gasteiger partial charge is 0.497 e. The highest BCUT2D eigenvalue weighted by molar-refractivity contribution is 7.44. The first-order valence-electron chi connectivity index (χ1n) is 18.4. The van der Waals surface area contributed by atoms with Crippen LogP contribution in [-0.4, -0.2) is 65.4 Å². The summed E-state index contributed by atoms with van der Waals surface area (Å²) in [4.78, 5) is 27.8. The molecule has 1 saturated heterocycles. The van der Waals surface area contributed by atoms with Gasteiger partial charge in [-0.15, -0.1) is 0 Å². The maximum atomic E-state index is 13.3. The first-order chi connectivity index (χ1) is 26.5. The lowest BCUT2D eigenvalue weighted by Crippen LogP contribution is -2.47. The van der Waals surface area contributed by atoms with Gasteiger partial charge in [-0.05, 0) is 68.7 Å². The summed E-state index contributed by atoms with van der Waals surface area (Å²) in [6.45, 7) is 13.0. The molecule has 1 unspecified atom stereocenters. The first kappa shape index (κ1) is 40.1. The molecule has 2 aliphatic rings. The number of aromatic amines is 1. The summed E-state index contributed by atoms with van der Waals surface area (Å²) in [5.41, 5.74) is -0.107. The number of benzene rings is 3. The van der Waals surface area contributed by atoms with Gasteiger partial charge in [-0.1, -0.05) is 66.7 Å². The third-order valence-corrected chi connectivity index (χ3v) is 12.3. The Labute approximate surface area is 323 Å². The fourth-order valence-electron chi connectivity index (χ4n) is 7.80. The normalized spacial score (nSPS) is 21.3. The number of ether oxygens (including phenoxy) is 4. The van der Waals surface area contributed by atoms with E-state index in [9.17, 15) is 14.9 Å². The summed E-state index contributed by atoms with van der Waals surface area (Å²) in [5.74, 6) is 0.881. The van der Waals surface area contributed by atoms with E-state index in [0.29, 0.717) is 17.9 Å². The predicted molar refractivity (Wildman–Crippen MR) is 210 cm³/mol. The summed E-state index contributed by atoms with van der Waals surface area (Å²) in [5, 5.41) is 9.39. The summed E-state index contributed by atoms with van der Waals surface area (Å²) in [7, 11) is 1.51. The number of nitrogens with one attached hydrogen (secondary N) is 1. The number of hydrogen-bond acceptors (Lipinski definition) is 10. The molecule has 6 rings (SSSR count). The van der Waals surface area contributed by atoms with Crippen LogP contribution in [0, 0.1) is 17.2 Å². The molecule has 5 atom stereocenters. The minimum absolute atomic E-state index is 0.000527. The molecular weight excluding hydrogens is 719 g/mol. The Morgan fingerprint density at radius 2 is 1.53 bits per heavy atom. The summed E-state index contributed by atoms with van der Waals surface area (Å²) in [6, 6.07) is 29.1. The van der Waals surface area contributed by atoms with Gasteiger partial charge in [0.2, 0.25) is 0 Å². The Bertz CT molecular complexity index is 2020. The molecule has 1 saturated carbocycles. The van der Waals surface area contributed by atoms with Crippen LogP contribution in [0.3, 0.4) is 0 Å². The van der Waals surface area contributed by atoms with Crippen molar-refractivity contribution in [3.8, 4) is 17.6 Å². The van der Waals surface area contributed by atoms with E-state index in [0.717, 1.165) is 22.3 Å². The van der Waals surface area contributed by atoms with Gasteiger partial charge in [0, 0.05) is 30.8 Å². The second-order valence-corrected chi connectivity index (χ2v) is 15.7. The van der Waals surface area contributed by atoms with Crippen molar-refractivity contribution in [1.82, 2.24) is 14.2 Å². The number of H-pyrrole nitrogens is 1. The number of nitrogens with zero attached hydrogens (tertiary/aromatic N) is 3. The number of nitriles is 1. The van der Waals surface area contributed by atoms with Crippen molar-refractivity contribution >= 4 is 8.53 Å². The van der Waals surface area contributed by atoms with E-state index in [1.165, 1.54) is 16.8 Å². The molecule has 12 nitrogen and oxygen atoms in total. The number of rotatable bonds is 17.